The van der Waals surface area contributed by atoms with Crippen LogP contribution in [-0.2, 0) is 33.6 Å². The van der Waals surface area contributed by atoms with Crippen molar-refractivity contribution < 1.29 is 68.9 Å². The summed E-state index contributed by atoms with van der Waals surface area (Å²) in [6.07, 6.45) is 0. The van der Waals surface area contributed by atoms with E-state index >= 15 is 0 Å². The van der Waals surface area contributed by atoms with Gasteiger partial charge in [0, 0.05) is 44.4 Å². The highest BCUT2D eigenvalue weighted by Gasteiger charge is 2.33. The Labute approximate surface area is 238 Å². The van der Waals surface area contributed by atoms with E-state index < -0.39 is 80.6 Å². The van der Waals surface area contributed by atoms with Crippen LogP contribution in [0, 0.1) is 0 Å². The number of rotatable bonds is 21. The molecular formula is C24H32N4O14. The number of aliphatic carboxylic acids is 6. The lowest BCUT2D eigenvalue weighted by Gasteiger charge is -2.32. The first-order valence-corrected chi connectivity index (χ1v) is 12.1. The number of carboxylic acids is 6. The number of hydrogen-bond donors (Lipinski definition) is 7. The van der Waals surface area contributed by atoms with Crippen LogP contribution < -0.4 is 10.1 Å². The molecule has 1 amide bonds. The predicted molar refractivity (Wildman–Crippen MR) is 139 cm³/mol. The van der Waals surface area contributed by atoms with Gasteiger partial charge in [0.2, 0.25) is 5.91 Å². The molecule has 18 heteroatoms. The quantitative estimate of drug-likeness (QED) is 0.0843. The van der Waals surface area contributed by atoms with Crippen LogP contribution in [0.5, 0.6) is 5.75 Å². The molecule has 1 atom stereocenters. The second-order valence-corrected chi connectivity index (χ2v) is 8.89. The van der Waals surface area contributed by atoms with Crippen molar-refractivity contribution in [2.45, 2.75) is 13.0 Å². The number of nitrogens with zero attached hydrogens (tertiary/aromatic N) is 3. The van der Waals surface area contributed by atoms with Gasteiger partial charge >= 0.3 is 35.8 Å². The molecule has 42 heavy (non-hydrogen) atoms. The van der Waals surface area contributed by atoms with Crippen LogP contribution in [0.2, 0.25) is 0 Å². The van der Waals surface area contributed by atoms with E-state index in [0.717, 1.165) is 9.80 Å². The van der Waals surface area contributed by atoms with E-state index in [-0.39, 0.29) is 43.2 Å². The van der Waals surface area contributed by atoms with Gasteiger partial charge in [-0.25, -0.2) is 4.79 Å². The van der Waals surface area contributed by atoms with Gasteiger partial charge < -0.3 is 40.7 Å². The minimum absolute atomic E-state index is 0.103. The molecule has 0 aliphatic heterocycles. The number of amides is 1. The Bertz CT molecular complexity index is 1160. The molecule has 0 bridgehead atoms. The highest BCUT2D eigenvalue weighted by Crippen LogP contribution is 2.33. The largest absolute Gasteiger partial charge is 0.482 e. The Balaban J connectivity index is 3.39. The molecule has 1 aromatic carbocycles. The topological polar surface area (TPSA) is 272 Å². The van der Waals surface area contributed by atoms with Crippen molar-refractivity contribution in [3.05, 3.63) is 23.8 Å². The average molecular weight is 601 g/mol. The van der Waals surface area contributed by atoms with Crippen LogP contribution >= 0.6 is 0 Å². The number of carboxylic acid groups (broad SMARTS) is 6. The van der Waals surface area contributed by atoms with Gasteiger partial charge in [-0.1, -0.05) is 0 Å². The molecule has 0 radical (unpaired) electrons. The average Bonchev–Trinajstić information content (AvgIpc) is 2.83. The maximum absolute atomic E-state index is 12.5. The van der Waals surface area contributed by atoms with Gasteiger partial charge in [0.15, 0.2) is 6.61 Å². The Morgan fingerprint density at radius 1 is 0.714 bits per heavy atom. The summed E-state index contributed by atoms with van der Waals surface area (Å²) in [5.41, 5.74) is -0.0960. The Morgan fingerprint density at radius 3 is 1.69 bits per heavy atom. The van der Waals surface area contributed by atoms with E-state index in [1.165, 1.54) is 30.0 Å². The molecule has 0 spiro atoms. The molecule has 0 aliphatic carbocycles. The third-order valence-corrected chi connectivity index (χ3v) is 5.43. The summed E-state index contributed by atoms with van der Waals surface area (Å²) in [5, 5.41) is 58.4. The molecule has 0 heterocycles. The zero-order valence-electron chi connectivity index (χ0n) is 22.5. The van der Waals surface area contributed by atoms with E-state index in [2.05, 4.69) is 5.32 Å². The number of anilines is 1. The maximum atomic E-state index is 12.5. The normalized spacial score (nSPS) is 11.7. The fourth-order valence-corrected chi connectivity index (χ4v) is 3.88. The van der Waals surface area contributed by atoms with Crippen molar-refractivity contribution in [3.8, 4) is 5.75 Å². The highest BCUT2D eigenvalue weighted by molar-refractivity contribution is 5.89. The predicted octanol–water partition coefficient (Wildman–Crippen LogP) is -1.52. The minimum Gasteiger partial charge on any atom is -0.482 e. The SMILES string of the molecule is CC(=O)Nc1ccc(OCC(=O)O)c(C(C(=O)O)N(CCN(CCN(CC(=O)O)CC(=O)O)CC(=O)O)CC(=O)O)c1. The zero-order valence-corrected chi connectivity index (χ0v) is 22.5. The third-order valence-electron chi connectivity index (χ3n) is 5.43. The standard InChI is InChI=1S/C24H32N4O14/c1-14(29)25-15-2-3-17(42-13-22(38)39)16(8-15)23(24(40)41)28(12-21(36)37)7-6-26(9-18(30)31)4-5-27(10-19(32)33)11-20(34)35/h2-3,8,23H,4-7,9-13H2,1H3,(H,25,29)(H,30,31)(H,32,33)(H,34,35)(H,36,37)(H,38,39)(H,40,41). The van der Waals surface area contributed by atoms with E-state index in [1.54, 1.807) is 0 Å². The molecule has 18 nitrogen and oxygen atoms in total. The second kappa shape index (κ2) is 17.1. The van der Waals surface area contributed by atoms with Crippen LogP contribution in [0.1, 0.15) is 18.5 Å². The summed E-state index contributed by atoms with van der Waals surface area (Å²) in [6, 6.07) is 1.92. The van der Waals surface area contributed by atoms with Crippen LogP contribution in [0.15, 0.2) is 18.2 Å². The molecule has 0 fully saturated rings. The number of carbonyl (C=O) groups excluding carboxylic acids is 1. The lowest BCUT2D eigenvalue weighted by atomic mass is 10.0. The molecule has 0 aromatic heterocycles. The molecule has 1 rings (SSSR count). The van der Waals surface area contributed by atoms with Crippen molar-refractivity contribution in [3.63, 3.8) is 0 Å². The molecule has 0 saturated carbocycles. The van der Waals surface area contributed by atoms with Crippen molar-refractivity contribution in [2.24, 2.45) is 0 Å². The van der Waals surface area contributed by atoms with Crippen LogP contribution in [0.25, 0.3) is 0 Å². The summed E-state index contributed by atoms with van der Waals surface area (Å²) in [6.45, 7) is -3.48. The second-order valence-electron chi connectivity index (χ2n) is 8.89. The van der Waals surface area contributed by atoms with Gasteiger partial charge in [0.25, 0.3) is 0 Å². The monoisotopic (exact) mass is 600 g/mol. The molecule has 1 aromatic rings. The third kappa shape index (κ3) is 13.5. The van der Waals surface area contributed by atoms with Crippen molar-refractivity contribution in [1.29, 1.82) is 0 Å². The maximum Gasteiger partial charge on any atom is 0.341 e. The van der Waals surface area contributed by atoms with Gasteiger partial charge in [-0.15, -0.1) is 0 Å². The van der Waals surface area contributed by atoms with Crippen LogP contribution in [-0.4, -0.2) is 146 Å². The molecule has 0 aliphatic rings. The zero-order chi connectivity index (χ0) is 32.0. The fraction of sp³-hybridized carbons (Fsp3) is 0.458. The first kappa shape index (κ1) is 35.2. The molecule has 7 N–H and O–H groups in total. The first-order chi connectivity index (χ1) is 19.6. The fourth-order valence-electron chi connectivity index (χ4n) is 3.88. The van der Waals surface area contributed by atoms with E-state index in [0.29, 0.717) is 0 Å². The van der Waals surface area contributed by atoms with Crippen LogP contribution in [0.4, 0.5) is 5.69 Å². The van der Waals surface area contributed by atoms with Crippen molar-refractivity contribution >= 4 is 47.4 Å². The molecule has 1 unspecified atom stereocenters. The van der Waals surface area contributed by atoms with Crippen molar-refractivity contribution in [1.82, 2.24) is 14.7 Å². The molecule has 232 valence electrons. The number of nitrogens with one attached hydrogen (secondary N) is 1. The molecular weight excluding hydrogens is 568 g/mol. The van der Waals surface area contributed by atoms with E-state index in [1.807, 2.05) is 0 Å². The molecule has 0 saturated heterocycles. The van der Waals surface area contributed by atoms with Gasteiger partial charge in [0.1, 0.15) is 11.8 Å². The smallest absolute Gasteiger partial charge is 0.341 e. The lowest BCUT2D eigenvalue weighted by Crippen LogP contribution is -2.46. The van der Waals surface area contributed by atoms with E-state index in [4.69, 9.17) is 20.1 Å². The summed E-state index contributed by atoms with van der Waals surface area (Å²) in [4.78, 5) is 83.6. The van der Waals surface area contributed by atoms with Gasteiger partial charge in [-0.3, -0.25) is 43.5 Å². The summed E-state index contributed by atoms with van der Waals surface area (Å²) < 4.78 is 5.21. The minimum atomic E-state index is -1.78. The van der Waals surface area contributed by atoms with Gasteiger partial charge in [-0.2, -0.15) is 0 Å². The highest BCUT2D eigenvalue weighted by atomic mass is 16.5. The Kier molecular flexibility index (Phi) is 14.3. The van der Waals surface area contributed by atoms with Gasteiger partial charge in [-0.05, 0) is 18.2 Å². The summed E-state index contributed by atoms with van der Waals surface area (Å²) >= 11 is 0. The number of carbonyl (C=O) groups is 7. The summed E-state index contributed by atoms with van der Waals surface area (Å²) in [7, 11) is 0. The van der Waals surface area contributed by atoms with E-state index in [9.17, 15) is 48.9 Å². The van der Waals surface area contributed by atoms with Crippen LogP contribution in [0.3, 0.4) is 0 Å². The lowest BCUT2D eigenvalue weighted by molar-refractivity contribution is -0.147. The first-order valence-electron chi connectivity index (χ1n) is 12.1. The Hall–Kier alpha value is -4.81. The number of ether oxygens (including phenoxy) is 1. The van der Waals surface area contributed by atoms with Gasteiger partial charge in [0.05, 0.1) is 26.2 Å². The van der Waals surface area contributed by atoms with Crippen molar-refractivity contribution in [2.75, 3.05) is 64.3 Å². The number of benzene rings is 1. The summed E-state index contributed by atoms with van der Waals surface area (Å²) in [5.74, 6) is -9.11. The number of hydrogen-bond acceptors (Lipinski definition) is 11. The Morgan fingerprint density at radius 2 is 1.21 bits per heavy atom.